The molecule has 1 aromatic carbocycles. The number of benzene rings is 1. The van der Waals surface area contributed by atoms with Gasteiger partial charge in [0.2, 0.25) is 11.8 Å². The average Bonchev–Trinajstić information content (AvgIpc) is 2.57. The minimum absolute atomic E-state index is 0.0549. The van der Waals surface area contributed by atoms with Crippen LogP contribution in [0, 0.1) is 17.2 Å². The maximum absolute atomic E-state index is 12.8. The van der Waals surface area contributed by atoms with Gasteiger partial charge in [-0.05, 0) is 17.7 Å². The van der Waals surface area contributed by atoms with Crippen molar-refractivity contribution in [3.63, 3.8) is 0 Å². The number of nitriles is 1. The first-order chi connectivity index (χ1) is 11.4. The van der Waals surface area contributed by atoms with Crippen molar-refractivity contribution < 1.29 is 14.3 Å². The van der Waals surface area contributed by atoms with Gasteiger partial charge in [0.1, 0.15) is 12.0 Å². The molecule has 3 rings (SSSR count). The zero-order valence-electron chi connectivity index (χ0n) is 13.1. The molecule has 1 aromatic rings. The van der Waals surface area contributed by atoms with Gasteiger partial charge < -0.3 is 10.5 Å². The molecule has 2 heterocycles. The number of imide groups is 1. The molecule has 0 bridgehead atoms. The lowest BCUT2D eigenvalue weighted by Gasteiger charge is -2.46. The van der Waals surface area contributed by atoms with Gasteiger partial charge in [-0.25, -0.2) is 4.79 Å². The highest BCUT2D eigenvalue weighted by molar-refractivity contribution is 9.10. The Balaban J connectivity index is 2.19. The molecular weight excluding hydrogens is 376 g/mol. The van der Waals surface area contributed by atoms with Crippen LogP contribution >= 0.6 is 15.9 Å². The van der Waals surface area contributed by atoms with E-state index in [2.05, 4.69) is 22.0 Å². The van der Waals surface area contributed by atoms with Gasteiger partial charge in [-0.15, -0.1) is 0 Å². The van der Waals surface area contributed by atoms with E-state index in [4.69, 9.17) is 10.5 Å². The van der Waals surface area contributed by atoms with Gasteiger partial charge in [0, 0.05) is 24.5 Å². The van der Waals surface area contributed by atoms with Gasteiger partial charge in [-0.2, -0.15) is 5.26 Å². The maximum Gasteiger partial charge on any atom is 0.329 e. The van der Waals surface area contributed by atoms with Gasteiger partial charge in [-0.3, -0.25) is 14.6 Å². The second-order valence-corrected chi connectivity index (χ2v) is 6.66. The topological polar surface area (TPSA) is 99.7 Å². The third-order valence-corrected chi connectivity index (χ3v) is 4.90. The summed E-state index contributed by atoms with van der Waals surface area (Å²) in [5.41, 5.74) is 6.86. The van der Waals surface area contributed by atoms with Crippen molar-refractivity contribution in [3.05, 3.63) is 45.8 Å². The fourth-order valence-electron chi connectivity index (χ4n) is 3.21. The molecule has 0 spiro atoms. The quantitative estimate of drug-likeness (QED) is 0.786. The largest absolute Gasteiger partial charge is 0.454 e. The lowest BCUT2D eigenvalue weighted by atomic mass is 9.76. The molecule has 2 aliphatic heterocycles. The van der Waals surface area contributed by atoms with Crippen LogP contribution in [0.1, 0.15) is 11.5 Å². The first kappa shape index (κ1) is 16.3. The van der Waals surface area contributed by atoms with Crippen LogP contribution in [0.5, 0.6) is 0 Å². The molecule has 1 fully saturated rings. The van der Waals surface area contributed by atoms with E-state index in [0.29, 0.717) is 0 Å². The SMILES string of the molecule is CN1C(=O)[C@@H]2[C@@H](OC(N)=C(C#N)[C@H]2c2cccc(Br)c2)N(C)C1=O. The van der Waals surface area contributed by atoms with E-state index in [1.165, 1.54) is 11.9 Å². The van der Waals surface area contributed by atoms with Gasteiger partial charge in [0.05, 0.1) is 5.57 Å². The van der Waals surface area contributed by atoms with Gasteiger partial charge >= 0.3 is 6.03 Å². The number of urea groups is 1. The molecule has 2 aliphatic rings. The summed E-state index contributed by atoms with van der Waals surface area (Å²) < 4.78 is 6.38. The Hall–Kier alpha value is -2.53. The number of carbonyl (C=O) groups excluding carboxylic acids is 2. The lowest BCUT2D eigenvalue weighted by molar-refractivity contribution is -0.151. The van der Waals surface area contributed by atoms with Gasteiger partial charge in [-0.1, -0.05) is 28.1 Å². The Labute approximate surface area is 147 Å². The second-order valence-electron chi connectivity index (χ2n) is 5.75. The number of nitrogens with zero attached hydrogens (tertiary/aromatic N) is 3. The van der Waals surface area contributed by atoms with Crippen LogP contribution in [-0.4, -0.2) is 42.1 Å². The predicted molar refractivity (Wildman–Crippen MR) is 88.0 cm³/mol. The third-order valence-electron chi connectivity index (χ3n) is 4.40. The number of hydrogen-bond donors (Lipinski definition) is 1. The molecule has 0 radical (unpaired) electrons. The van der Waals surface area contributed by atoms with Crippen LogP contribution in [0.15, 0.2) is 40.2 Å². The molecule has 124 valence electrons. The van der Waals surface area contributed by atoms with Crippen LogP contribution in [0.25, 0.3) is 0 Å². The Morgan fingerprint density at radius 1 is 1.33 bits per heavy atom. The van der Waals surface area contributed by atoms with E-state index in [-0.39, 0.29) is 11.5 Å². The van der Waals surface area contributed by atoms with Crippen LogP contribution in [0.3, 0.4) is 0 Å². The molecule has 24 heavy (non-hydrogen) atoms. The maximum atomic E-state index is 12.8. The highest BCUT2D eigenvalue weighted by atomic mass is 79.9. The summed E-state index contributed by atoms with van der Waals surface area (Å²) in [5.74, 6) is -1.78. The van der Waals surface area contributed by atoms with Crippen molar-refractivity contribution in [2.45, 2.75) is 12.1 Å². The molecule has 0 unspecified atom stereocenters. The zero-order valence-corrected chi connectivity index (χ0v) is 14.6. The highest BCUT2D eigenvalue weighted by Crippen LogP contribution is 2.44. The van der Waals surface area contributed by atoms with E-state index < -0.39 is 30.0 Å². The number of ether oxygens (including phenoxy) is 1. The molecule has 7 nitrogen and oxygen atoms in total. The molecule has 0 aliphatic carbocycles. The summed E-state index contributed by atoms with van der Waals surface area (Å²) in [6.07, 6.45) is -0.845. The minimum Gasteiger partial charge on any atom is -0.454 e. The number of nitrogens with two attached hydrogens (primary N) is 1. The van der Waals surface area contributed by atoms with Crippen molar-refractivity contribution >= 4 is 27.9 Å². The molecule has 8 heteroatoms. The van der Waals surface area contributed by atoms with Gasteiger partial charge in [0.25, 0.3) is 0 Å². The fourth-order valence-corrected chi connectivity index (χ4v) is 3.63. The first-order valence-electron chi connectivity index (χ1n) is 7.23. The zero-order chi connectivity index (χ0) is 17.6. The summed E-state index contributed by atoms with van der Waals surface area (Å²) >= 11 is 3.40. The van der Waals surface area contributed by atoms with Crippen LogP contribution in [0.4, 0.5) is 4.79 Å². The lowest BCUT2D eigenvalue weighted by Crippen LogP contribution is -2.62. The van der Waals surface area contributed by atoms with Gasteiger partial charge in [0.15, 0.2) is 6.23 Å². The van der Waals surface area contributed by atoms with Crippen molar-refractivity contribution in [2.24, 2.45) is 11.7 Å². The Kier molecular flexibility index (Phi) is 3.97. The Bertz CT molecular complexity index is 801. The Morgan fingerprint density at radius 3 is 2.67 bits per heavy atom. The standard InChI is InChI=1S/C16H15BrN4O3/c1-20-14(22)12-11(8-4-3-5-9(17)6-8)10(7-18)13(19)24-15(12)21(2)16(20)23/h3-6,11-12,15H,19H2,1-2H3/t11-,12-,15-/m1/s1. The fraction of sp³-hybridized carbons (Fsp3) is 0.312. The highest BCUT2D eigenvalue weighted by Gasteiger charge is 2.53. The minimum atomic E-state index is -0.845. The number of hydrogen-bond acceptors (Lipinski definition) is 5. The second kappa shape index (κ2) is 5.83. The summed E-state index contributed by atoms with van der Waals surface area (Å²) in [6.45, 7) is 0. The molecule has 3 atom stereocenters. The van der Waals surface area contributed by atoms with Crippen LogP contribution in [0.2, 0.25) is 0 Å². The number of carbonyl (C=O) groups is 2. The van der Waals surface area contributed by atoms with Crippen molar-refractivity contribution in [1.82, 2.24) is 9.80 Å². The molecule has 1 saturated heterocycles. The molecule has 0 saturated carbocycles. The number of amides is 3. The number of fused-ring (bicyclic) bond motifs is 1. The summed E-state index contributed by atoms with van der Waals surface area (Å²) in [5, 5.41) is 9.54. The van der Waals surface area contributed by atoms with E-state index in [0.717, 1.165) is 14.9 Å². The molecule has 2 N–H and O–H groups in total. The summed E-state index contributed by atoms with van der Waals surface area (Å²) in [4.78, 5) is 27.3. The molecule has 3 amide bonds. The van der Waals surface area contributed by atoms with Crippen molar-refractivity contribution in [2.75, 3.05) is 14.1 Å². The molecular formula is C16H15BrN4O3. The number of halogens is 1. The summed E-state index contributed by atoms with van der Waals surface area (Å²) in [6, 6.07) is 8.92. The van der Waals surface area contributed by atoms with E-state index in [1.54, 1.807) is 7.05 Å². The van der Waals surface area contributed by atoms with Crippen molar-refractivity contribution in [1.29, 1.82) is 5.26 Å². The number of rotatable bonds is 1. The smallest absolute Gasteiger partial charge is 0.329 e. The Morgan fingerprint density at radius 2 is 2.04 bits per heavy atom. The van der Waals surface area contributed by atoms with E-state index in [9.17, 15) is 14.9 Å². The van der Waals surface area contributed by atoms with E-state index >= 15 is 0 Å². The monoisotopic (exact) mass is 390 g/mol. The molecule has 0 aromatic heterocycles. The normalized spacial score (nSPS) is 26.8. The summed E-state index contributed by atoms with van der Waals surface area (Å²) in [7, 11) is 2.97. The van der Waals surface area contributed by atoms with Crippen LogP contribution in [-0.2, 0) is 9.53 Å². The predicted octanol–water partition coefficient (Wildman–Crippen LogP) is 1.72. The third kappa shape index (κ3) is 2.32. The van der Waals surface area contributed by atoms with E-state index in [1.807, 2.05) is 24.3 Å². The van der Waals surface area contributed by atoms with Crippen LogP contribution < -0.4 is 5.73 Å². The number of allylic oxidation sites excluding steroid dienone is 1. The average molecular weight is 391 g/mol. The van der Waals surface area contributed by atoms with Crippen molar-refractivity contribution in [3.8, 4) is 6.07 Å². The first-order valence-corrected chi connectivity index (χ1v) is 8.02.